The molecule has 1 atom stereocenters. The zero-order chi connectivity index (χ0) is 16.1. The number of furan rings is 1. The molecule has 0 spiro atoms. The molecule has 0 aliphatic heterocycles. The number of aldehydes is 1. The molecule has 6 heteroatoms. The van der Waals surface area contributed by atoms with E-state index >= 15 is 0 Å². The van der Waals surface area contributed by atoms with Crippen LogP contribution in [-0.4, -0.2) is 30.0 Å². The van der Waals surface area contributed by atoms with Gasteiger partial charge in [-0.1, -0.05) is 0 Å². The molecule has 0 saturated carbocycles. The Labute approximate surface area is 127 Å². The number of nitrogens with one attached hydrogen (secondary N) is 1. The molecule has 0 bridgehead atoms. The zero-order valence-electron chi connectivity index (χ0n) is 12.3. The molecular weight excluding hydrogens is 286 g/mol. The topological polar surface area (TPSA) is 88.8 Å². The first-order valence-corrected chi connectivity index (χ1v) is 6.86. The van der Waals surface area contributed by atoms with Crippen LogP contribution in [0.1, 0.15) is 24.4 Å². The first kappa shape index (κ1) is 15.8. The predicted molar refractivity (Wildman–Crippen MR) is 81.0 cm³/mol. The van der Waals surface area contributed by atoms with E-state index in [0.717, 1.165) is 0 Å². The van der Waals surface area contributed by atoms with Crippen molar-refractivity contribution in [1.29, 1.82) is 0 Å². The average molecular weight is 303 g/mol. The van der Waals surface area contributed by atoms with E-state index in [4.69, 9.17) is 9.15 Å². The van der Waals surface area contributed by atoms with Gasteiger partial charge in [-0.15, -0.1) is 0 Å². The highest BCUT2D eigenvalue weighted by molar-refractivity contribution is 5.97. The quantitative estimate of drug-likeness (QED) is 0.800. The van der Waals surface area contributed by atoms with Crippen molar-refractivity contribution in [3.05, 3.63) is 36.1 Å². The molecule has 0 saturated heterocycles. The molecule has 0 fully saturated rings. The fraction of sp³-hybridized carbons (Fsp3) is 0.250. The zero-order valence-corrected chi connectivity index (χ0v) is 12.3. The van der Waals surface area contributed by atoms with Crippen LogP contribution in [0.3, 0.4) is 0 Å². The van der Waals surface area contributed by atoms with Crippen LogP contribution in [0.5, 0.6) is 5.75 Å². The minimum Gasteiger partial charge on any atom is -0.494 e. The van der Waals surface area contributed by atoms with Gasteiger partial charge in [-0.3, -0.25) is 9.59 Å². The van der Waals surface area contributed by atoms with Gasteiger partial charge in [-0.05, 0) is 44.2 Å². The lowest BCUT2D eigenvalue weighted by atomic mass is 10.1. The molecule has 1 aromatic carbocycles. The third-order valence-electron chi connectivity index (χ3n) is 2.95. The van der Waals surface area contributed by atoms with E-state index in [1.807, 2.05) is 6.92 Å². The summed E-state index contributed by atoms with van der Waals surface area (Å²) in [5.41, 5.74) is 1.02. The number of amides is 1. The maximum atomic E-state index is 11.7. The van der Waals surface area contributed by atoms with Gasteiger partial charge >= 0.3 is 0 Å². The number of rotatable bonds is 6. The van der Waals surface area contributed by atoms with Crippen molar-refractivity contribution in [2.75, 3.05) is 11.9 Å². The van der Waals surface area contributed by atoms with Crippen molar-refractivity contribution >= 4 is 17.9 Å². The minimum atomic E-state index is -1.14. The summed E-state index contributed by atoms with van der Waals surface area (Å²) < 4.78 is 10.8. The smallest absolute Gasteiger partial charge is 0.252 e. The van der Waals surface area contributed by atoms with Crippen molar-refractivity contribution in [1.82, 2.24) is 0 Å². The molecule has 0 radical (unpaired) electrons. The molecule has 0 aliphatic rings. The Balaban J connectivity index is 2.43. The maximum absolute atomic E-state index is 11.7. The van der Waals surface area contributed by atoms with E-state index < -0.39 is 12.0 Å². The normalized spacial score (nSPS) is 11.8. The van der Waals surface area contributed by atoms with Gasteiger partial charge in [0.2, 0.25) is 0 Å². The van der Waals surface area contributed by atoms with Crippen LogP contribution >= 0.6 is 0 Å². The average Bonchev–Trinajstić information content (AvgIpc) is 2.97. The molecule has 22 heavy (non-hydrogen) atoms. The number of ether oxygens (including phenoxy) is 1. The number of carbonyl (C=O) groups is 2. The second-order valence-corrected chi connectivity index (χ2v) is 4.63. The van der Waals surface area contributed by atoms with Crippen LogP contribution in [-0.2, 0) is 4.79 Å². The number of aliphatic hydroxyl groups is 1. The van der Waals surface area contributed by atoms with Crippen molar-refractivity contribution < 1.29 is 23.8 Å². The SMILES string of the molecule is CCOc1ccc(NC(=O)C(C)O)c(-c2ccc(C=O)o2)c1. The molecule has 1 amide bonds. The Bertz CT molecular complexity index is 675. The summed E-state index contributed by atoms with van der Waals surface area (Å²) in [6, 6.07) is 8.23. The van der Waals surface area contributed by atoms with Crippen molar-refractivity contribution in [3.63, 3.8) is 0 Å². The summed E-state index contributed by atoms with van der Waals surface area (Å²) in [5, 5.41) is 11.9. The first-order valence-electron chi connectivity index (χ1n) is 6.86. The summed E-state index contributed by atoms with van der Waals surface area (Å²) in [6.45, 7) is 3.73. The van der Waals surface area contributed by atoms with E-state index in [-0.39, 0.29) is 5.76 Å². The van der Waals surface area contributed by atoms with Gasteiger partial charge in [0.25, 0.3) is 5.91 Å². The summed E-state index contributed by atoms with van der Waals surface area (Å²) in [6.07, 6.45) is -0.536. The Hall–Kier alpha value is -2.60. The van der Waals surface area contributed by atoms with Crippen molar-refractivity contribution in [3.8, 4) is 17.1 Å². The highest BCUT2D eigenvalue weighted by atomic mass is 16.5. The Morgan fingerprint density at radius 2 is 2.18 bits per heavy atom. The minimum absolute atomic E-state index is 0.185. The Kier molecular flexibility index (Phi) is 4.95. The summed E-state index contributed by atoms with van der Waals surface area (Å²) in [7, 11) is 0. The number of aliphatic hydroxyl groups excluding tert-OH is 1. The standard InChI is InChI=1S/C16H17NO5/c1-3-21-11-4-6-14(17-16(20)10(2)19)13(8-11)15-7-5-12(9-18)22-15/h4-10,19H,3H2,1-2H3,(H,17,20). The van der Waals surface area contributed by atoms with E-state index in [0.29, 0.717) is 35.7 Å². The van der Waals surface area contributed by atoms with Gasteiger partial charge in [-0.2, -0.15) is 0 Å². The van der Waals surface area contributed by atoms with Gasteiger partial charge in [0.15, 0.2) is 12.0 Å². The van der Waals surface area contributed by atoms with Crippen LogP contribution in [0.25, 0.3) is 11.3 Å². The van der Waals surface area contributed by atoms with Gasteiger partial charge in [0.05, 0.1) is 12.3 Å². The highest BCUT2D eigenvalue weighted by Crippen LogP contribution is 2.33. The fourth-order valence-corrected chi connectivity index (χ4v) is 1.89. The van der Waals surface area contributed by atoms with Gasteiger partial charge in [0.1, 0.15) is 17.6 Å². The number of benzene rings is 1. The molecule has 2 aromatic rings. The Morgan fingerprint density at radius 1 is 1.41 bits per heavy atom. The summed E-state index contributed by atoms with van der Waals surface area (Å²) in [4.78, 5) is 22.4. The number of anilines is 1. The lowest BCUT2D eigenvalue weighted by molar-refractivity contribution is -0.123. The second kappa shape index (κ2) is 6.91. The van der Waals surface area contributed by atoms with Crippen LogP contribution in [0.2, 0.25) is 0 Å². The lowest BCUT2D eigenvalue weighted by Gasteiger charge is -2.13. The maximum Gasteiger partial charge on any atom is 0.252 e. The largest absolute Gasteiger partial charge is 0.494 e. The molecule has 2 N–H and O–H groups in total. The number of hydrogen-bond donors (Lipinski definition) is 2. The van der Waals surface area contributed by atoms with E-state index in [1.165, 1.54) is 13.0 Å². The monoisotopic (exact) mass is 303 g/mol. The van der Waals surface area contributed by atoms with E-state index in [1.54, 1.807) is 24.3 Å². The van der Waals surface area contributed by atoms with Crippen LogP contribution in [0.4, 0.5) is 5.69 Å². The molecule has 2 rings (SSSR count). The number of hydrogen-bond acceptors (Lipinski definition) is 5. The summed E-state index contributed by atoms with van der Waals surface area (Å²) in [5.74, 6) is 0.679. The molecule has 1 aromatic heterocycles. The van der Waals surface area contributed by atoms with Crippen molar-refractivity contribution in [2.24, 2.45) is 0 Å². The third-order valence-corrected chi connectivity index (χ3v) is 2.95. The molecular formula is C16H17NO5. The van der Waals surface area contributed by atoms with E-state index in [9.17, 15) is 14.7 Å². The highest BCUT2D eigenvalue weighted by Gasteiger charge is 2.15. The van der Waals surface area contributed by atoms with Crippen LogP contribution in [0, 0.1) is 0 Å². The second-order valence-electron chi connectivity index (χ2n) is 4.63. The molecule has 1 heterocycles. The molecule has 6 nitrogen and oxygen atoms in total. The Morgan fingerprint density at radius 3 is 2.77 bits per heavy atom. The molecule has 0 aliphatic carbocycles. The van der Waals surface area contributed by atoms with E-state index in [2.05, 4.69) is 5.32 Å². The van der Waals surface area contributed by atoms with Gasteiger partial charge in [0, 0.05) is 5.56 Å². The fourth-order valence-electron chi connectivity index (χ4n) is 1.89. The molecule has 116 valence electrons. The van der Waals surface area contributed by atoms with Gasteiger partial charge in [-0.25, -0.2) is 0 Å². The summed E-state index contributed by atoms with van der Waals surface area (Å²) >= 11 is 0. The predicted octanol–water partition coefficient (Wildman–Crippen LogP) is 2.48. The van der Waals surface area contributed by atoms with Crippen LogP contribution in [0.15, 0.2) is 34.7 Å². The molecule has 1 unspecified atom stereocenters. The lowest BCUT2D eigenvalue weighted by Crippen LogP contribution is -2.24. The number of carbonyl (C=O) groups excluding carboxylic acids is 2. The van der Waals surface area contributed by atoms with Gasteiger partial charge < -0.3 is 19.6 Å². The van der Waals surface area contributed by atoms with Crippen LogP contribution < -0.4 is 10.1 Å². The first-order chi connectivity index (χ1) is 10.5. The third kappa shape index (κ3) is 3.53. The van der Waals surface area contributed by atoms with Crippen molar-refractivity contribution in [2.45, 2.75) is 20.0 Å².